The molecule has 3 rings (SSSR count). The van der Waals surface area contributed by atoms with Crippen LogP contribution in [0, 0.1) is 5.92 Å². The predicted octanol–water partition coefficient (Wildman–Crippen LogP) is 1.71. The van der Waals surface area contributed by atoms with Gasteiger partial charge in [-0.25, -0.2) is 0 Å². The standard InChI is InChI=1S/C20H25N3O4/c1-13(2)12-23-19(25)17(15-4-6-16(7-5-15)21-14(3)24)18(20(23)26)22-8-10-27-11-9-22/h4-7,13H,8-12H2,1-3H3,(H,21,24). The fraction of sp³-hybridized carbons (Fsp3) is 0.450. The van der Waals surface area contributed by atoms with E-state index in [1.807, 2.05) is 18.7 Å². The first-order valence-electron chi connectivity index (χ1n) is 9.19. The van der Waals surface area contributed by atoms with Crippen molar-refractivity contribution in [2.24, 2.45) is 5.92 Å². The zero-order chi connectivity index (χ0) is 19.6. The van der Waals surface area contributed by atoms with E-state index in [1.54, 1.807) is 24.3 Å². The molecule has 0 atom stereocenters. The zero-order valence-corrected chi connectivity index (χ0v) is 15.9. The number of rotatable bonds is 5. The van der Waals surface area contributed by atoms with Gasteiger partial charge in [-0.15, -0.1) is 0 Å². The van der Waals surface area contributed by atoms with Crippen LogP contribution in [0.2, 0.25) is 0 Å². The first-order valence-corrected chi connectivity index (χ1v) is 9.19. The fourth-order valence-electron chi connectivity index (χ4n) is 3.36. The average Bonchev–Trinajstić information content (AvgIpc) is 2.87. The summed E-state index contributed by atoms with van der Waals surface area (Å²) in [5, 5.41) is 2.71. The van der Waals surface area contributed by atoms with Gasteiger partial charge >= 0.3 is 0 Å². The van der Waals surface area contributed by atoms with E-state index in [0.29, 0.717) is 55.4 Å². The van der Waals surface area contributed by atoms with Gasteiger partial charge < -0.3 is 15.0 Å². The number of hydrogen-bond acceptors (Lipinski definition) is 5. The molecule has 2 aliphatic rings. The highest BCUT2D eigenvalue weighted by molar-refractivity contribution is 6.35. The summed E-state index contributed by atoms with van der Waals surface area (Å²) in [5.74, 6) is -0.476. The molecule has 1 aromatic rings. The van der Waals surface area contributed by atoms with Crippen LogP contribution in [0.1, 0.15) is 26.3 Å². The van der Waals surface area contributed by atoms with E-state index < -0.39 is 0 Å². The van der Waals surface area contributed by atoms with Crippen LogP contribution in [0.25, 0.3) is 5.57 Å². The minimum Gasteiger partial charge on any atom is -0.378 e. The van der Waals surface area contributed by atoms with E-state index in [4.69, 9.17) is 4.74 Å². The Kier molecular flexibility index (Phi) is 5.60. The van der Waals surface area contributed by atoms with Gasteiger partial charge in [0.05, 0.1) is 18.8 Å². The highest BCUT2D eigenvalue weighted by Gasteiger charge is 2.41. The van der Waals surface area contributed by atoms with Gasteiger partial charge in [0.25, 0.3) is 11.8 Å². The molecule has 0 bridgehead atoms. The normalized spacial score (nSPS) is 17.9. The molecule has 0 radical (unpaired) electrons. The Hall–Kier alpha value is -2.67. The molecule has 0 unspecified atom stereocenters. The lowest BCUT2D eigenvalue weighted by Crippen LogP contribution is -2.41. The van der Waals surface area contributed by atoms with Crippen LogP contribution in [0.3, 0.4) is 0 Å². The van der Waals surface area contributed by atoms with Gasteiger partial charge in [-0.05, 0) is 23.6 Å². The third-order valence-electron chi connectivity index (χ3n) is 4.51. The number of morpholine rings is 1. The lowest BCUT2D eigenvalue weighted by molar-refractivity contribution is -0.138. The predicted molar refractivity (Wildman–Crippen MR) is 102 cm³/mol. The Balaban J connectivity index is 2.00. The number of carbonyl (C=O) groups excluding carboxylic acids is 3. The van der Waals surface area contributed by atoms with Crippen molar-refractivity contribution in [1.82, 2.24) is 9.80 Å². The number of nitrogens with zero attached hydrogens (tertiary/aromatic N) is 2. The van der Waals surface area contributed by atoms with E-state index in [-0.39, 0.29) is 23.6 Å². The first-order chi connectivity index (χ1) is 12.9. The third-order valence-corrected chi connectivity index (χ3v) is 4.51. The Bertz CT molecular complexity index is 777. The molecule has 0 saturated carbocycles. The van der Waals surface area contributed by atoms with Gasteiger partial charge in [-0.2, -0.15) is 0 Å². The molecular formula is C20H25N3O4. The largest absolute Gasteiger partial charge is 0.378 e. The van der Waals surface area contributed by atoms with Gasteiger partial charge in [-0.1, -0.05) is 26.0 Å². The maximum absolute atomic E-state index is 13.1. The summed E-state index contributed by atoms with van der Waals surface area (Å²) < 4.78 is 5.39. The van der Waals surface area contributed by atoms with Crippen LogP contribution < -0.4 is 5.32 Å². The molecule has 0 spiro atoms. The van der Waals surface area contributed by atoms with E-state index in [1.165, 1.54) is 11.8 Å². The second-order valence-corrected chi connectivity index (χ2v) is 7.20. The topological polar surface area (TPSA) is 79.0 Å². The van der Waals surface area contributed by atoms with Crippen LogP contribution in [0.5, 0.6) is 0 Å². The molecule has 144 valence electrons. The van der Waals surface area contributed by atoms with Crippen LogP contribution in [-0.4, -0.2) is 60.4 Å². The molecule has 1 N–H and O–H groups in total. The number of hydrogen-bond donors (Lipinski definition) is 1. The number of benzene rings is 1. The highest BCUT2D eigenvalue weighted by Crippen LogP contribution is 2.33. The summed E-state index contributed by atoms with van der Waals surface area (Å²) in [6.07, 6.45) is 0. The van der Waals surface area contributed by atoms with Crippen LogP contribution in [0.15, 0.2) is 30.0 Å². The Morgan fingerprint density at radius 2 is 1.74 bits per heavy atom. The quantitative estimate of drug-likeness (QED) is 0.798. The summed E-state index contributed by atoms with van der Waals surface area (Å²) in [4.78, 5) is 40.6. The lowest BCUT2D eigenvalue weighted by atomic mass is 10.0. The van der Waals surface area contributed by atoms with Crippen LogP contribution in [-0.2, 0) is 19.1 Å². The van der Waals surface area contributed by atoms with Crippen molar-refractivity contribution in [1.29, 1.82) is 0 Å². The molecular weight excluding hydrogens is 346 g/mol. The van der Waals surface area contributed by atoms with Gasteiger partial charge in [0.2, 0.25) is 5.91 Å². The summed E-state index contributed by atoms with van der Waals surface area (Å²) in [6, 6.07) is 7.02. The van der Waals surface area contributed by atoms with Crippen molar-refractivity contribution < 1.29 is 19.1 Å². The summed E-state index contributed by atoms with van der Waals surface area (Å²) in [6.45, 7) is 8.02. The molecule has 27 heavy (non-hydrogen) atoms. The maximum Gasteiger partial charge on any atom is 0.277 e. The summed E-state index contributed by atoms with van der Waals surface area (Å²) >= 11 is 0. The minimum absolute atomic E-state index is 0.161. The van der Waals surface area contributed by atoms with E-state index in [0.717, 1.165) is 0 Å². The molecule has 7 heteroatoms. The first kappa shape index (κ1) is 19.1. The molecule has 7 nitrogen and oxygen atoms in total. The van der Waals surface area contributed by atoms with Crippen molar-refractivity contribution >= 4 is 29.0 Å². The van der Waals surface area contributed by atoms with E-state index in [9.17, 15) is 14.4 Å². The van der Waals surface area contributed by atoms with Gasteiger partial charge in [0, 0.05) is 32.2 Å². The van der Waals surface area contributed by atoms with Crippen molar-refractivity contribution in [3.8, 4) is 0 Å². The van der Waals surface area contributed by atoms with Crippen molar-refractivity contribution in [3.05, 3.63) is 35.5 Å². The van der Waals surface area contributed by atoms with Crippen molar-refractivity contribution in [2.75, 3.05) is 38.2 Å². The van der Waals surface area contributed by atoms with Crippen molar-refractivity contribution in [2.45, 2.75) is 20.8 Å². The summed E-state index contributed by atoms with van der Waals surface area (Å²) in [5.41, 5.74) is 2.21. The number of imide groups is 1. The SMILES string of the molecule is CC(=O)Nc1ccc(C2=C(N3CCOCC3)C(=O)N(CC(C)C)C2=O)cc1. The molecule has 3 amide bonds. The number of nitrogens with one attached hydrogen (secondary N) is 1. The lowest BCUT2D eigenvalue weighted by Gasteiger charge is -2.29. The Labute approximate surface area is 159 Å². The fourth-order valence-corrected chi connectivity index (χ4v) is 3.36. The number of anilines is 1. The second kappa shape index (κ2) is 7.92. The van der Waals surface area contributed by atoms with Gasteiger partial charge in [0.15, 0.2) is 0 Å². The Morgan fingerprint density at radius 1 is 1.11 bits per heavy atom. The van der Waals surface area contributed by atoms with Crippen LogP contribution in [0.4, 0.5) is 5.69 Å². The number of amides is 3. The highest BCUT2D eigenvalue weighted by atomic mass is 16.5. The number of carbonyl (C=O) groups is 3. The monoisotopic (exact) mass is 371 g/mol. The number of ether oxygens (including phenoxy) is 1. The smallest absolute Gasteiger partial charge is 0.277 e. The Morgan fingerprint density at radius 3 is 2.30 bits per heavy atom. The van der Waals surface area contributed by atoms with E-state index >= 15 is 0 Å². The molecule has 0 aliphatic carbocycles. The van der Waals surface area contributed by atoms with Gasteiger partial charge in [0.1, 0.15) is 5.70 Å². The third kappa shape index (κ3) is 4.03. The van der Waals surface area contributed by atoms with Crippen LogP contribution >= 0.6 is 0 Å². The zero-order valence-electron chi connectivity index (χ0n) is 15.9. The molecule has 2 aliphatic heterocycles. The molecule has 1 fully saturated rings. The second-order valence-electron chi connectivity index (χ2n) is 7.20. The molecule has 1 aromatic carbocycles. The van der Waals surface area contributed by atoms with E-state index in [2.05, 4.69) is 5.32 Å². The van der Waals surface area contributed by atoms with Gasteiger partial charge in [-0.3, -0.25) is 19.3 Å². The average molecular weight is 371 g/mol. The van der Waals surface area contributed by atoms with Crippen molar-refractivity contribution in [3.63, 3.8) is 0 Å². The minimum atomic E-state index is -0.262. The molecule has 1 saturated heterocycles. The molecule has 2 heterocycles. The maximum atomic E-state index is 13.1. The molecule has 0 aromatic heterocycles. The summed E-state index contributed by atoms with van der Waals surface area (Å²) in [7, 11) is 0.